The van der Waals surface area contributed by atoms with Gasteiger partial charge in [0.05, 0.1) is 0 Å². The fourth-order valence-corrected chi connectivity index (χ4v) is 1.98. The first-order chi connectivity index (χ1) is 8.95. The Morgan fingerprint density at radius 1 is 1.21 bits per heavy atom. The van der Waals surface area contributed by atoms with Crippen molar-refractivity contribution >= 4 is 6.09 Å². The van der Waals surface area contributed by atoms with Crippen LogP contribution in [0.15, 0.2) is 24.3 Å². The second-order valence-electron chi connectivity index (χ2n) is 4.92. The molecule has 0 saturated heterocycles. The fourth-order valence-electron chi connectivity index (χ4n) is 1.98. The van der Waals surface area contributed by atoms with Crippen LogP contribution < -0.4 is 5.32 Å². The number of benzene rings is 1. The summed E-state index contributed by atoms with van der Waals surface area (Å²) in [7, 11) is 1.62. The van der Waals surface area contributed by atoms with Crippen molar-refractivity contribution in [3.63, 3.8) is 0 Å². The highest BCUT2D eigenvalue weighted by Crippen LogP contribution is 2.25. The van der Waals surface area contributed by atoms with Crippen LogP contribution in [0.1, 0.15) is 38.0 Å². The molecule has 0 fully saturated rings. The zero-order chi connectivity index (χ0) is 14.4. The summed E-state index contributed by atoms with van der Waals surface area (Å²) in [5.74, 6) is 0. The summed E-state index contributed by atoms with van der Waals surface area (Å²) in [6, 6.07) is 7.99. The summed E-state index contributed by atoms with van der Waals surface area (Å²) in [5, 5.41) is 2.70. The first-order valence-corrected chi connectivity index (χ1v) is 6.51. The first kappa shape index (κ1) is 15.5. The Kier molecular flexibility index (Phi) is 5.83. The van der Waals surface area contributed by atoms with Gasteiger partial charge in [0.2, 0.25) is 0 Å². The molecule has 0 spiro atoms. The van der Waals surface area contributed by atoms with Gasteiger partial charge in [0, 0.05) is 13.2 Å². The van der Waals surface area contributed by atoms with E-state index in [9.17, 15) is 4.79 Å². The molecule has 0 aliphatic rings. The van der Waals surface area contributed by atoms with Gasteiger partial charge in [0.25, 0.3) is 0 Å². The lowest BCUT2D eigenvalue weighted by Crippen LogP contribution is -2.35. The maximum Gasteiger partial charge on any atom is 0.407 e. The molecule has 0 heterocycles. The van der Waals surface area contributed by atoms with E-state index in [1.54, 1.807) is 7.11 Å². The lowest BCUT2D eigenvalue weighted by Gasteiger charge is -2.25. The van der Waals surface area contributed by atoms with Gasteiger partial charge in [0.1, 0.15) is 12.2 Å². The molecule has 1 amide bonds. The summed E-state index contributed by atoms with van der Waals surface area (Å²) in [6.07, 6.45) is -1.04. The minimum Gasteiger partial charge on any atom is -0.443 e. The molecule has 0 saturated carbocycles. The molecule has 4 heteroatoms. The molecule has 1 rings (SSSR count). The van der Waals surface area contributed by atoms with Gasteiger partial charge in [0.15, 0.2) is 0 Å². The average molecular weight is 265 g/mol. The highest BCUT2D eigenvalue weighted by Gasteiger charge is 2.23. The van der Waals surface area contributed by atoms with Crippen molar-refractivity contribution in [1.82, 2.24) is 5.32 Å². The van der Waals surface area contributed by atoms with Crippen LogP contribution in [0.4, 0.5) is 4.79 Å². The number of hydrogen-bond acceptors (Lipinski definition) is 3. The molecule has 1 N–H and O–H groups in total. The molecule has 1 aromatic rings. The van der Waals surface area contributed by atoms with Crippen molar-refractivity contribution in [3.8, 4) is 0 Å². The topological polar surface area (TPSA) is 47.6 Å². The molecular weight excluding hydrogens is 242 g/mol. The lowest BCUT2D eigenvalue weighted by molar-refractivity contribution is -0.0156. The standard InChI is InChI=1S/C15H23NO3/c1-10(2)16-15(17)19-12(4)14(18-5)13-9-7-6-8-11(13)3/h6-10,12,14H,1-5H3,(H,16,17). The van der Waals surface area contributed by atoms with Crippen LogP contribution in [-0.4, -0.2) is 25.3 Å². The van der Waals surface area contributed by atoms with E-state index in [2.05, 4.69) is 5.32 Å². The van der Waals surface area contributed by atoms with Gasteiger partial charge in [-0.15, -0.1) is 0 Å². The number of alkyl carbamates (subject to hydrolysis) is 1. The number of amides is 1. The molecule has 0 radical (unpaired) electrons. The number of hydrogen-bond donors (Lipinski definition) is 1. The van der Waals surface area contributed by atoms with Crippen molar-refractivity contribution in [1.29, 1.82) is 0 Å². The van der Waals surface area contributed by atoms with E-state index >= 15 is 0 Å². The van der Waals surface area contributed by atoms with E-state index in [1.165, 1.54) is 0 Å². The van der Waals surface area contributed by atoms with Crippen molar-refractivity contribution in [2.24, 2.45) is 0 Å². The number of ether oxygens (including phenoxy) is 2. The van der Waals surface area contributed by atoms with Crippen LogP contribution in [0.5, 0.6) is 0 Å². The zero-order valence-electron chi connectivity index (χ0n) is 12.3. The number of aryl methyl sites for hydroxylation is 1. The van der Waals surface area contributed by atoms with E-state index < -0.39 is 6.09 Å². The third-order valence-corrected chi connectivity index (χ3v) is 2.87. The van der Waals surface area contributed by atoms with Crippen LogP contribution in [0.3, 0.4) is 0 Å². The molecule has 19 heavy (non-hydrogen) atoms. The van der Waals surface area contributed by atoms with Gasteiger partial charge in [-0.2, -0.15) is 0 Å². The predicted molar refractivity (Wildman–Crippen MR) is 75.1 cm³/mol. The monoisotopic (exact) mass is 265 g/mol. The molecule has 4 nitrogen and oxygen atoms in total. The highest BCUT2D eigenvalue weighted by molar-refractivity contribution is 5.67. The van der Waals surface area contributed by atoms with Gasteiger partial charge in [-0.1, -0.05) is 24.3 Å². The van der Waals surface area contributed by atoms with Crippen molar-refractivity contribution in [2.45, 2.75) is 45.9 Å². The Balaban J connectivity index is 2.75. The number of nitrogens with one attached hydrogen (secondary N) is 1. The molecule has 0 aromatic heterocycles. The van der Waals surface area contributed by atoms with Crippen LogP contribution in [-0.2, 0) is 9.47 Å². The van der Waals surface area contributed by atoms with Crippen molar-refractivity contribution in [2.75, 3.05) is 7.11 Å². The highest BCUT2D eigenvalue weighted by atomic mass is 16.6. The second-order valence-corrected chi connectivity index (χ2v) is 4.92. The number of rotatable bonds is 5. The third kappa shape index (κ3) is 4.56. The summed E-state index contributed by atoms with van der Waals surface area (Å²) in [6.45, 7) is 7.63. The summed E-state index contributed by atoms with van der Waals surface area (Å²) in [5.41, 5.74) is 2.16. The smallest absolute Gasteiger partial charge is 0.407 e. The largest absolute Gasteiger partial charge is 0.443 e. The zero-order valence-corrected chi connectivity index (χ0v) is 12.3. The molecule has 0 bridgehead atoms. The first-order valence-electron chi connectivity index (χ1n) is 6.51. The molecule has 0 aliphatic heterocycles. The van der Waals surface area contributed by atoms with Gasteiger partial charge < -0.3 is 14.8 Å². The van der Waals surface area contributed by atoms with E-state index in [4.69, 9.17) is 9.47 Å². The predicted octanol–water partition coefficient (Wildman–Crippen LogP) is 3.21. The summed E-state index contributed by atoms with van der Waals surface area (Å²) < 4.78 is 10.8. The average Bonchev–Trinajstić information content (AvgIpc) is 2.31. The Morgan fingerprint density at radius 3 is 2.37 bits per heavy atom. The van der Waals surface area contributed by atoms with Gasteiger partial charge in [-0.25, -0.2) is 4.79 Å². The maximum atomic E-state index is 11.6. The number of methoxy groups -OCH3 is 1. The van der Waals surface area contributed by atoms with Crippen LogP contribution >= 0.6 is 0 Å². The van der Waals surface area contributed by atoms with Crippen LogP contribution in [0.2, 0.25) is 0 Å². The normalized spacial score (nSPS) is 14.0. The second kappa shape index (κ2) is 7.14. The minimum atomic E-state index is -0.418. The summed E-state index contributed by atoms with van der Waals surface area (Å²) >= 11 is 0. The van der Waals surface area contributed by atoms with Crippen molar-refractivity contribution in [3.05, 3.63) is 35.4 Å². The Labute approximate surface area is 115 Å². The molecule has 2 atom stereocenters. The minimum absolute atomic E-state index is 0.0548. The molecule has 2 unspecified atom stereocenters. The number of carbonyl (C=O) groups excluding carboxylic acids is 1. The Morgan fingerprint density at radius 2 is 1.84 bits per heavy atom. The quantitative estimate of drug-likeness (QED) is 0.889. The molecule has 0 aliphatic carbocycles. The summed E-state index contributed by atoms with van der Waals surface area (Å²) in [4.78, 5) is 11.6. The number of carbonyl (C=O) groups is 1. The Bertz CT molecular complexity index is 418. The fraction of sp³-hybridized carbons (Fsp3) is 0.533. The van der Waals surface area contributed by atoms with Gasteiger partial charge in [-0.05, 0) is 38.8 Å². The molecular formula is C15H23NO3. The van der Waals surface area contributed by atoms with E-state index in [1.807, 2.05) is 52.0 Å². The van der Waals surface area contributed by atoms with Crippen molar-refractivity contribution < 1.29 is 14.3 Å². The maximum absolute atomic E-state index is 11.6. The van der Waals surface area contributed by atoms with Crippen LogP contribution in [0, 0.1) is 6.92 Å². The third-order valence-electron chi connectivity index (χ3n) is 2.87. The van der Waals surface area contributed by atoms with E-state index in [0.717, 1.165) is 11.1 Å². The lowest BCUT2D eigenvalue weighted by atomic mass is 10.00. The van der Waals surface area contributed by atoms with Crippen LogP contribution in [0.25, 0.3) is 0 Å². The molecule has 1 aromatic carbocycles. The SMILES string of the molecule is COC(c1ccccc1C)C(C)OC(=O)NC(C)C. The van der Waals surface area contributed by atoms with E-state index in [0.29, 0.717) is 0 Å². The molecule has 106 valence electrons. The van der Waals surface area contributed by atoms with Gasteiger partial charge >= 0.3 is 6.09 Å². The van der Waals surface area contributed by atoms with E-state index in [-0.39, 0.29) is 18.2 Å². The van der Waals surface area contributed by atoms with Gasteiger partial charge in [-0.3, -0.25) is 0 Å². The Hall–Kier alpha value is -1.55.